The topological polar surface area (TPSA) is 131 Å². The summed E-state index contributed by atoms with van der Waals surface area (Å²) in [4.78, 5) is 43.6. The lowest BCUT2D eigenvalue weighted by Crippen LogP contribution is -2.58. The number of amides is 2. The zero-order valence-electron chi connectivity index (χ0n) is 35.4. The Balaban J connectivity index is 1.27. The van der Waals surface area contributed by atoms with Gasteiger partial charge in [0, 0.05) is 45.6 Å². The Morgan fingerprint density at radius 2 is 1.84 bits per heavy atom. The second-order valence-corrected chi connectivity index (χ2v) is 17.4. The first-order chi connectivity index (χ1) is 30.2. The molecule has 13 nitrogen and oxygen atoms in total. The molecule has 4 aromatic rings. The zero-order valence-corrected chi connectivity index (χ0v) is 35.4. The van der Waals surface area contributed by atoms with E-state index in [0.29, 0.717) is 23.1 Å². The number of rotatable bonds is 13. The van der Waals surface area contributed by atoms with Gasteiger partial charge in [0.1, 0.15) is 47.4 Å². The molecule has 4 fully saturated rings. The molecule has 4 atom stereocenters. The lowest BCUT2D eigenvalue weighted by Gasteiger charge is -2.42. The van der Waals surface area contributed by atoms with Gasteiger partial charge in [-0.15, -0.1) is 0 Å². The van der Waals surface area contributed by atoms with E-state index < -0.39 is 54.2 Å². The van der Waals surface area contributed by atoms with Gasteiger partial charge in [-0.25, -0.2) is 18.0 Å². The van der Waals surface area contributed by atoms with Crippen LogP contribution in [0.15, 0.2) is 30.5 Å². The van der Waals surface area contributed by atoms with Gasteiger partial charge >= 0.3 is 18.3 Å². The SMILES string of the molecule is COCCCc1c(F)ccc2cc(OC(=O)N3CC(OC)CCC3C(F)(F)F)cc(-c3ncc4c(N5CC(F)CC(C)(NC=O)C5)nc(OCC56CCCN5CCC6)nc4c3F)c12. The number of aromatic nitrogens is 3. The number of hydrogen-bond acceptors (Lipinski definition) is 11. The van der Waals surface area contributed by atoms with Gasteiger partial charge in [-0.3, -0.25) is 19.6 Å². The lowest BCUT2D eigenvalue weighted by molar-refractivity contribution is -0.191. The van der Waals surface area contributed by atoms with Crippen LogP contribution in [0.4, 0.5) is 37.0 Å². The fourth-order valence-corrected chi connectivity index (χ4v) is 10.1. The molecule has 2 amide bonds. The summed E-state index contributed by atoms with van der Waals surface area (Å²) in [6, 6.07) is 2.94. The van der Waals surface area contributed by atoms with E-state index in [2.05, 4.69) is 20.2 Å². The van der Waals surface area contributed by atoms with Crippen molar-refractivity contribution in [2.45, 2.75) is 100 Å². The van der Waals surface area contributed by atoms with Gasteiger partial charge in [-0.1, -0.05) is 6.07 Å². The van der Waals surface area contributed by atoms with Gasteiger partial charge < -0.3 is 29.2 Å². The first-order valence-electron chi connectivity index (χ1n) is 21.3. The molecule has 0 spiro atoms. The van der Waals surface area contributed by atoms with Crippen molar-refractivity contribution < 1.29 is 54.9 Å². The molecule has 4 saturated heterocycles. The standard InChI is InChI=1S/C44H51F6N7O6/c1-42(52-25-58)19-27(45)21-55(23-42)39-32-20-51-37(36(47)38(32)53-40(54-39)62-24-43-12-5-14-56(43)15-6-13-43)31-18-29(17-26-8-10-33(46)30(35(26)31)7-4-16-60-2)63-41(59)57-22-28(61-3)9-11-34(57)44(48,49)50/h8,10,17-18,20,25,27-28,34H,4-7,9,11-16,19,21-24H2,1-3H3,(H,52,58). The molecular formula is C44H51F6N7O6. The molecule has 1 N–H and O–H groups in total. The van der Waals surface area contributed by atoms with E-state index in [1.165, 1.54) is 44.7 Å². The highest BCUT2D eigenvalue weighted by Gasteiger charge is 2.49. The maximum atomic E-state index is 17.7. The lowest BCUT2D eigenvalue weighted by atomic mass is 9.90. The molecule has 340 valence electrons. The number of carbonyl (C=O) groups is 2. The quantitative estimate of drug-likeness (QED) is 0.0825. The van der Waals surface area contributed by atoms with Crippen molar-refractivity contribution in [2.75, 3.05) is 65.1 Å². The van der Waals surface area contributed by atoms with Crippen LogP contribution in [0, 0.1) is 11.6 Å². The predicted molar refractivity (Wildman–Crippen MR) is 221 cm³/mol. The number of piperidine rings is 2. The number of anilines is 1. The van der Waals surface area contributed by atoms with Crippen molar-refractivity contribution in [1.82, 2.24) is 30.1 Å². The van der Waals surface area contributed by atoms with E-state index in [1.807, 2.05) is 0 Å². The van der Waals surface area contributed by atoms with Crippen molar-refractivity contribution >= 4 is 40.0 Å². The molecule has 0 bridgehead atoms. The van der Waals surface area contributed by atoms with Crippen LogP contribution in [0.5, 0.6) is 11.8 Å². The minimum atomic E-state index is -4.75. The number of carbonyl (C=O) groups excluding carboxylic acids is 2. The summed E-state index contributed by atoms with van der Waals surface area (Å²) in [7, 11) is 2.85. The summed E-state index contributed by atoms with van der Waals surface area (Å²) >= 11 is 0. The monoisotopic (exact) mass is 887 g/mol. The van der Waals surface area contributed by atoms with Crippen LogP contribution in [0.25, 0.3) is 32.9 Å². The Morgan fingerprint density at radius 3 is 2.56 bits per heavy atom. The second kappa shape index (κ2) is 17.9. The zero-order chi connectivity index (χ0) is 44.7. The van der Waals surface area contributed by atoms with Gasteiger partial charge in [0.2, 0.25) is 6.41 Å². The molecule has 0 saturated carbocycles. The van der Waals surface area contributed by atoms with Crippen molar-refractivity contribution in [3.8, 4) is 23.0 Å². The third-order valence-corrected chi connectivity index (χ3v) is 13.1. The first-order valence-corrected chi connectivity index (χ1v) is 21.3. The minimum absolute atomic E-state index is 0.0268. The Hall–Kier alpha value is -5.01. The van der Waals surface area contributed by atoms with Crippen LogP contribution in [0.3, 0.4) is 0 Å². The largest absolute Gasteiger partial charge is 0.461 e. The first kappa shape index (κ1) is 44.6. The highest BCUT2D eigenvalue weighted by Crippen LogP contribution is 2.43. The van der Waals surface area contributed by atoms with Crippen LogP contribution in [-0.4, -0.2) is 133 Å². The number of fused-ring (bicyclic) bond motifs is 3. The molecule has 2 aromatic heterocycles. The number of benzene rings is 2. The molecule has 4 aliphatic rings. The number of alkyl halides is 4. The minimum Gasteiger partial charge on any atom is -0.461 e. The van der Waals surface area contributed by atoms with E-state index >= 15 is 13.2 Å². The molecule has 6 heterocycles. The van der Waals surface area contributed by atoms with Crippen molar-refractivity contribution in [1.29, 1.82) is 0 Å². The molecule has 4 unspecified atom stereocenters. The summed E-state index contributed by atoms with van der Waals surface area (Å²) in [5.41, 5.74) is -1.67. The van der Waals surface area contributed by atoms with Gasteiger partial charge in [0.25, 0.3) is 0 Å². The van der Waals surface area contributed by atoms with Crippen LogP contribution in [0.2, 0.25) is 0 Å². The van der Waals surface area contributed by atoms with E-state index in [0.717, 1.165) is 38.8 Å². The second-order valence-electron chi connectivity index (χ2n) is 17.4. The number of hydrogen-bond donors (Lipinski definition) is 1. The van der Waals surface area contributed by atoms with Gasteiger partial charge in [0.15, 0.2) is 5.82 Å². The van der Waals surface area contributed by atoms with E-state index in [1.54, 1.807) is 11.8 Å². The molecule has 63 heavy (non-hydrogen) atoms. The predicted octanol–water partition coefficient (Wildman–Crippen LogP) is 7.30. The van der Waals surface area contributed by atoms with Crippen LogP contribution < -0.4 is 19.7 Å². The highest BCUT2D eigenvalue weighted by atomic mass is 19.4. The molecular weight excluding hydrogens is 837 g/mol. The fraction of sp³-hybridized carbons (Fsp3) is 0.568. The summed E-state index contributed by atoms with van der Waals surface area (Å²) in [5, 5.41) is 3.32. The third kappa shape index (κ3) is 8.92. The highest BCUT2D eigenvalue weighted by molar-refractivity contribution is 6.02. The maximum absolute atomic E-state index is 17.7. The smallest absolute Gasteiger partial charge is 0.415 e. The number of aryl methyl sites for hydroxylation is 1. The van der Waals surface area contributed by atoms with E-state index in [-0.39, 0.29) is 108 Å². The summed E-state index contributed by atoms with van der Waals surface area (Å²) in [6.45, 7) is 3.65. The van der Waals surface area contributed by atoms with Crippen LogP contribution >= 0.6 is 0 Å². The molecule has 2 aromatic carbocycles. The summed E-state index contributed by atoms with van der Waals surface area (Å²) < 4.78 is 114. The Morgan fingerprint density at radius 1 is 1.06 bits per heavy atom. The van der Waals surface area contributed by atoms with Gasteiger partial charge in [-0.05, 0) is 106 Å². The maximum Gasteiger partial charge on any atom is 0.415 e. The molecule has 4 aliphatic heterocycles. The number of nitrogens with zero attached hydrogens (tertiary/aromatic N) is 6. The molecule has 8 rings (SSSR count). The molecule has 0 aliphatic carbocycles. The number of nitrogens with one attached hydrogen (secondary N) is 1. The number of pyridine rings is 1. The summed E-state index contributed by atoms with van der Waals surface area (Å²) in [5.74, 6) is -1.72. The van der Waals surface area contributed by atoms with Crippen LogP contribution in [0.1, 0.15) is 63.9 Å². The van der Waals surface area contributed by atoms with Gasteiger partial charge in [0.05, 0.1) is 35.7 Å². The van der Waals surface area contributed by atoms with E-state index in [4.69, 9.17) is 23.9 Å². The third-order valence-electron chi connectivity index (χ3n) is 13.1. The number of likely N-dealkylation sites (tertiary alicyclic amines) is 1. The number of ether oxygens (including phenoxy) is 4. The Kier molecular flexibility index (Phi) is 12.6. The fourth-order valence-electron chi connectivity index (χ4n) is 10.1. The number of methoxy groups -OCH3 is 2. The Labute approximate surface area is 360 Å². The van der Waals surface area contributed by atoms with Crippen molar-refractivity contribution in [2.24, 2.45) is 0 Å². The average Bonchev–Trinajstić information content (AvgIpc) is 3.83. The van der Waals surface area contributed by atoms with Gasteiger partial charge in [-0.2, -0.15) is 23.1 Å². The molecule has 19 heteroatoms. The van der Waals surface area contributed by atoms with E-state index in [9.17, 15) is 22.8 Å². The van der Waals surface area contributed by atoms with Crippen molar-refractivity contribution in [3.63, 3.8) is 0 Å². The van der Waals surface area contributed by atoms with Crippen molar-refractivity contribution in [3.05, 3.63) is 47.7 Å². The average molecular weight is 888 g/mol. The normalized spacial score (nSPS) is 23.9. The number of halogens is 6. The van der Waals surface area contributed by atoms with Crippen LogP contribution in [-0.2, 0) is 20.7 Å². The summed E-state index contributed by atoms with van der Waals surface area (Å²) in [6.07, 6.45) is -2.27. The molecule has 0 radical (unpaired) electrons. The Bertz CT molecular complexity index is 2350.